The summed E-state index contributed by atoms with van der Waals surface area (Å²) in [5.41, 5.74) is 0. The minimum absolute atomic E-state index is 0.318. The van der Waals surface area contributed by atoms with Crippen LogP contribution < -0.4 is 5.32 Å². The van der Waals surface area contributed by atoms with Gasteiger partial charge in [0.05, 0.1) is 6.04 Å². The first-order chi connectivity index (χ1) is 9.70. The first-order valence-electron chi connectivity index (χ1n) is 7.98. The van der Waals surface area contributed by atoms with Crippen molar-refractivity contribution in [3.63, 3.8) is 0 Å². The molecule has 1 aromatic heterocycles. The van der Waals surface area contributed by atoms with E-state index in [0.29, 0.717) is 12.0 Å². The van der Waals surface area contributed by atoms with E-state index in [9.17, 15) is 0 Å². The van der Waals surface area contributed by atoms with Crippen LogP contribution in [0.5, 0.6) is 0 Å². The van der Waals surface area contributed by atoms with Gasteiger partial charge in [-0.3, -0.25) is 4.90 Å². The summed E-state index contributed by atoms with van der Waals surface area (Å²) in [5.74, 6) is 2.35. The van der Waals surface area contributed by atoms with Gasteiger partial charge < -0.3 is 9.84 Å². The zero-order valence-corrected chi connectivity index (χ0v) is 13.1. The van der Waals surface area contributed by atoms with Gasteiger partial charge in [-0.1, -0.05) is 32.3 Å². The molecule has 5 heteroatoms. The molecule has 1 saturated heterocycles. The standard InChI is InChI=1S/C15H28N4O/c1-4-5-13(19-10-8-16-9-11-19)15-17-14(20-18-15)7-6-12(2)3/h12-13,16H,4-11H2,1-3H3. The fraction of sp³-hybridized carbons (Fsp3) is 0.867. The fourth-order valence-electron chi connectivity index (χ4n) is 2.66. The van der Waals surface area contributed by atoms with Crippen molar-refractivity contribution in [2.24, 2.45) is 5.92 Å². The smallest absolute Gasteiger partial charge is 0.226 e. The highest BCUT2D eigenvalue weighted by Gasteiger charge is 2.25. The van der Waals surface area contributed by atoms with Gasteiger partial charge in [-0.25, -0.2) is 0 Å². The van der Waals surface area contributed by atoms with Gasteiger partial charge in [0.25, 0.3) is 0 Å². The van der Waals surface area contributed by atoms with Crippen LogP contribution in [0.1, 0.15) is 57.8 Å². The molecule has 20 heavy (non-hydrogen) atoms. The monoisotopic (exact) mass is 280 g/mol. The van der Waals surface area contributed by atoms with E-state index in [1.54, 1.807) is 0 Å². The third-order valence-corrected chi connectivity index (χ3v) is 3.87. The molecule has 1 atom stereocenters. The summed E-state index contributed by atoms with van der Waals surface area (Å²) in [4.78, 5) is 7.12. The summed E-state index contributed by atoms with van der Waals surface area (Å²) in [6.07, 6.45) is 4.24. The molecular formula is C15H28N4O. The molecule has 5 nitrogen and oxygen atoms in total. The maximum Gasteiger partial charge on any atom is 0.226 e. The van der Waals surface area contributed by atoms with Crippen LogP contribution >= 0.6 is 0 Å². The molecule has 114 valence electrons. The Morgan fingerprint density at radius 3 is 2.65 bits per heavy atom. The number of hydrogen-bond acceptors (Lipinski definition) is 5. The number of rotatable bonds is 7. The number of nitrogens with one attached hydrogen (secondary N) is 1. The van der Waals surface area contributed by atoms with Crippen LogP contribution in [0.2, 0.25) is 0 Å². The lowest BCUT2D eigenvalue weighted by Crippen LogP contribution is -2.45. The largest absolute Gasteiger partial charge is 0.339 e. The van der Waals surface area contributed by atoms with Crippen molar-refractivity contribution in [3.8, 4) is 0 Å². The molecule has 0 bridgehead atoms. The van der Waals surface area contributed by atoms with Crippen molar-refractivity contribution >= 4 is 0 Å². The third-order valence-electron chi connectivity index (χ3n) is 3.87. The summed E-state index contributed by atoms with van der Waals surface area (Å²) >= 11 is 0. The van der Waals surface area contributed by atoms with Gasteiger partial charge in [0.2, 0.25) is 5.89 Å². The van der Waals surface area contributed by atoms with E-state index in [4.69, 9.17) is 4.52 Å². The highest BCUT2D eigenvalue weighted by atomic mass is 16.5. The molecule has 1 N–H and O–H groups in total. The van der Waals surface area contributed by atoms with Crippen LogP contribution in [0.25, 0.3) is 0 Å². The van der Waals surface area contributed by atoms with Gasteiger partial charge in [0, 0.05) is 32.6 Å². The van der Waals surface area contributed by atoms with E-state index < -0.39 is 0 Å². The van der Waals surface area contributed by atoms with Crippen molar-refractivity contribution in [1.82, 2.24) is 20.4 Å². The molecule has 1 aliphatic heterocycles. The maximum atomic E-state index is 5.43. The van der Waals surface area contributed by atoms with Crippen LogP contribution in [0.3, 0.4) is 0 Å². The van der Waals surface area contributed by atoms with Gasteiger partial charge in [-0.15, -0.1) is 0 Å². The summed E-state index contributed by atoms with van der Waals surface area (Å²) in [5, 5.41) is 7.64. The zero-order chi connectivity index (χ0) is 14.4. The predicted octanol–water partition coefficient (Wildman–Crippen LogP) is 2.40. The highest BCUT2D eigenvalue weighted by Crippen LogP contribution is 2.24. The van der Waals surface area contributed by atoms with Gasteiger partial charge in [-0.2, -0.15) is 4.98 Å². The van der Waals surface area contributed by atoms with Gasteiger partial charge in [0.15, 0.2) is 5.82 Å². The second kappa shape index (κ2) is 7.74. The first-order valence-corrected chi connectivity index (χ1v) is 7.98. The number of nitrogens with zero attached hydrogens (tertiary/aromatic N) is 3. The van der Waals surface area contributed by atoms with Crippen molar-refractivity contribution < 1.29 is 4.52 Å². The van der Waals surface area contributed by atoms with Crippen LogP contribution in [0.15, 0.2) is 4.52 Å². The Bertz CT molecular complexity index is 385. The minimum Gasteiger partial charge on any atom is -0.339 e. The minimum atomic E-state index is 0.318. The van der Waals surface area contributed by atoms with Crippen LogP contribution in [0, 0.1) is 5.92 Å². The van der Waals surface area contributed by atoms with Crippen molar-refractivity contribution in [3.05, 3.63) is 11.7 Å². The topological polar surface area (TPSA) is 54.2 Å². The average molecular weight is 280 g/mol. The molecule has 0 spiro atoms. The zero-order valence-electron chi connectivity index (χ0n) is 13.1. The van der Waals surface area contributed by atoms with Crippen LogP contribution in [0.4, 0.5) is 0 Å². The lowest BCUT2D eigenvalue weighted by atomic mass is 10.1. The van der Waals surface area contributed by atoms with Crippen molar-refractivity contribution in [2.75, 3.05) is 26.2 Å². The van der Waals surface area contributed by atoms with E-state index >= 15 is 0 Å². The highest BCUT2D eigenvalue weighted by molar-refractivity contribution is 4.96. The van der Waals surface area contributed by atoms with Gasteiger partial charge in [0.1, 0.15) is 0 Å². The van der Waals surface area contributed by atoms with Crippen molar-refractivity contribution in [1.29, 1.82) is 0 Å². The number of aromatic nitrogens is 2. The average Bonchev–Trinajstić information content (AvgIpc) is 2.92. The maximum absolute atomic E-state index is 5.43. The van der Waals surface area contributed by atoms with E-state index in [1.807, 2.05) is 0 Å². The molecule has 2 rings (SSSR count). The summed E-state index contributed by atoms with van der Waals surface area (Å²) in [7, 11) is 0. The quantitative estimate of drug-likeness (QED) is 0.831. The molecule has 0 aromatic carbocycles. The van der Waals surface area contributed by atoms with Crippen molar-refractivity contribution in [2.45, 2.75) is 52.5 Å². The summed E-state index contributed by atoms with van der Waals surface area (Å²) in [6.45, 7) is 10.9. The van der Waals surface area contributed by atoms with Crippen LogP contribution in [-0.4, -0.2) is 41.2 Å². The fourth-order valence-corrected chi connectivity index (χ4v) is 2.66. The number of piperazine rings is 1. The lowest BCUT2D eigenvalue weighted by molar-refractivity contribution is 0.155. The Balaban J connectivity index is 2.00. The second-order valence-corrected chi connectivity index (χ2v) is 6.07. The molecule has 0 amide bonds. The molecular weight excluding hydrogens is 252 g/mol. The molecule has 1 fully saturated rings. The molecule has 1 aliphatic rings. The van der Waals surface area contributed by atoms with Gasteiger partial charge >= 0.3 is 0 Å². The van der Waals surface area contributed by atoms with E-state index in [0.717, 1.165) is 63.6 Å². The summed E-state index contributed by atoms with van der Waals surface area (Å²) in [6, 6.07) is 0.318. The van der Waals surface area contributed by atoms with E-state index in [2.05, 4.69) is 41.1 Å². The Morgan fingerprint density at radius 1 is 1.25 bits per heavy atom. The molecule has 0 aliphatic carbocycles. The Kier molecular flexibility index (Phi) is 5.98. The van der Waals surface area contributed by atoms with E-state index in [-0.39, 0.29) is 0 Å². The molecule has 0 saturated carbocycles. The van der Waals surface area contributed by atoms with E-state index in [1.165, 1.54) is 0 Å². The third kappa shape index (κ3) is 4.28. The SMILES string of the molecule is CCCC(c1noc(CCC(C)C)n1)N1CCNCC1. The second-order valence-electron chi connectivity index (χ2n) is 6.07. The predicted molar refractivity (Wildman–Crippen MR) is 79.5 cm³/mol. The Labute approximate surface area is 122 Å². The van der Waals surface area contributed by atoms with Crippen LogP contribution in [-0.2, 0) is 6.42 Å². The van der Waals surface area contributed by atoms with Gasteiger partial charge in [-0.05, 0) is 18.8 Å². The Morgan fingerprint density at radius 2 is 2.00 bits per heavy atom. The first kappa shape index (κ1) is 15.4. The number of aryl methyl sites for hydroxylation is 1. The lowest BCUT2D eigenvalue weighted by Gasteiger charge is -2.33. The normalized spacial score (nSPS) is 18.6. The molecule has 1 aromatic rings. The summed E-state index contributed by atoms with van der Waals surface area (Å²) < 4.78 is 5.43. The molecule has 0 radical (unpaired) electrons. The Hall–Kier alpha value is -0.940. The number of hydrogen-bond donors (Lipinski definition) is 1. The molecule has 1 unspecified atom stereocenters. The molecule has 2 heterocycles.